The van der Waals surface area contributed by atoms with Crippen LogP contribution in [0.2, 0.25) is 10.0 Å². The van der Waals surface area contributed by atoms with Crippen LogP contribution in [-0.2, 0) is 0 Å². The number of nitrogen functional groups attached to an aromatic ring is 1. The van der Waals surface area contributed by atoms with Crippen molar-refractivity contribution < 1.29 is 17.6 Å². The van der Waals surface area contributed by atoms with Crippen molar-refractivity contribution in [2.45, 2.75) is 0 Å². The number of hydrogen-bond donors (Lipinski definition) is 2. The Morgan fingerprint density at radius 1 is 0.800 bits per heavy atom. The molecule has 0 saturated heterocycles. The van der Waals surface area contributed by atoms with Gasteiger partial charge in [0.25, 0.3) is 0 Å². The lowest BCUT2D eigenvalue weighted by molar-refractivity contribution is 0.459. The summed E-state index contributed by atoms with van der Waals surface area (Å²) >= 11 is 11.6. The Kier molecular flexibility index (Phi) is 3.96. The summed E-state index contributed by atoms with van der Waals surface area (Å²) in [6, 6.07) is 2.63. The van der Waals surface area contributed by atoms with Crippen LogP contribution in [0.5, 0.6) is 0 Å². The van der Waals surface area contributed by atoms with Crippen LogP contribution in [0.4, 0.5) is 34.6 Å². The first-order valence-corrected chi connectivity index (χ1v) is 5.91. The SMILES string of the molecule is Nc1cc(Cl)c(Nc2c(F)c(F)cc(F)c2F)c(Cl)c1. The Balaban J connectivity index is 2.56. The second-order valence-electron chi connectivity index (χ2n) is 3.83. The molecule has 0 heterocycles. The van der Waals surface area contributed by atoms with E-state index in [-0.39, 0.29) is 27.5 Å². The molecule has 0 aromatic heterocycles. The molecule has 0 amide bonds. The van der Waals surface area contributed by atoms with Gasteiger partial charge in [0.2, 0.25) is 0 Å². The van der Waals surface area contributed by atoms with Gasteiger partial charge in [-0.3, -0.25) is 0 Å². The van der Waals surface area contributed by atoms with E-state index in [1.165, 1.54) is 12.1 Å². The van der Waals surface area contributed by atoms with Gasteiger partial charge in [-0.1, -0.05) is 23.2 Å². The molecule has 2 aromatic rings. The topological polar surface area (TPSA) is 38.0 Å². The van der Waals surface area contributed by atoms with Crippen LogP contribution in [0.3, 0.4) is 0 Å². The summed E-state index contributed by atoms with van der Waals surface area (Å²) in [7, 11) is 0. The second-order valence-corrected chi connectivity index (χ2v) is 4.64. The van der Waals surface area contributed by atoms with Crippen LogP contribution in [0, 0.1) is 23.3 Å². The van der Waals surface area contributed by atoms with E-state index in [0.29, 0.717) is 0 Å². The predicted octanol–water partition coefficient (Wildman–Crippen LogP) is 4.88. The first-order chi connectivity index (χ1) is 9.31. The Hall–Kier alpha value is -1.66. The monoisotopic (exact) mass is 324 g/mol. The first-order valence-electron chi connectivity index (χ1n) is 5.15. The summed E-state index contributed by atoms with van der Waals surface area (Å²) in [6.07, 6.45) is 0. The minimum Gasteiger partial charge on any atom is -0.399 e. The molecule has 0 atom stereocenters. The highest BCUT2D eigenvalue weighted by Gasteiger charge is 2.21. The zero-order chi connectivity index (χ0) is 15.0. The molecule has 2 aromatic carbocycles. The fraction of sp³-hybridized carbons (Fsp3) is 0. The minimum atomic E-state index is -1.59. The minimum absolute atomic E-state index is 0.0570. The molecule has 2 nitrogen and oxygen atoms in total. The fourth-order valence-electron chi connectivity index (χ4n) is 1.52. The van der Waals surface area contributed by atoms with E-state index in [9.17, 15) is 17.6 Å². The largest absolute Gasteiger partial charge is 0.399 e. The quantitative estimate of drug-likeness (QED) is 0.469. The maximum Gasteiger partial charge on any atom is 0.185 e. The lowest BCUT2D eigenvalue weighted by atomic mass is 10.2. The number of rotatable bonds is 2. The van der Waals surface area contributed by atoms with E-state index in [2.05, 4.69) is 5.32 Å². The lowest BCUT2D eigenvalue weighted by Crippen LogP contribution is -2.04. The third-order valence-corrected chi connectivity index (χ3v) is 3.02. The van der Waals surface area contributed by atoms with Crippen molar-refractivity contribution in [1.82, 2.24) is 0 Å². The summed E-state index contributed by atoms with van der Waals surface area (Å²) in [5.41, 5.74) is 4.53. The van der Waals surface area contributed by atoms with Gasteiger partial charge in [-0.05, 0) is 12.1 Å². The maximum absolute atomic E-state index is 13.5. The molecule has 0 radical (unpaired) electrons. The van der Waals surface area contributed by atoms with Crippen LogP contribution in [-0.4, -0.2) is 0 Å². The van der Waals surface area contributed by atoms with Crippen molar-refractivity contribution in [3.63, 3.8) is 0 Å². The van der Waals surface area contributed by atoms with Crippen LogP contribution >= 0.6 is 23.2 Å². The zero-order valence-corrected chi connectivity index (χ0v) is 11.1. The first kappa shape index (κ1) is 14.7. The second kappa shape index (κ2) is 5.38. The third kappa shape index (κ3) is 2.62. The van der Waals surface area contributed by atoms with Gasteiger partial charge in [0, 0.05) is 11.8 Å². The molecule has 106 valence electrons. The average molecular weight is 325 g/mol. The number of benzene rings is 2. The van der Waals surface area contributed by atoms with Gasteiger partial charge in [-0.25, -0.2) is 17.6 Å². The molecule has 0 bridgehead atoms. The Morgan fingerprint density at radius 2 is 1.25 bits per heavy atom. The average Bonchev–Trinajstić information content (AvgIpc) is 2.34. The maximum atomic E-state index is 13.5. The van der Waals surface area contributed by atoms with Crippen molar-refractivity contribution in [2.75, 3.05) is 11.1 Å². The highest BCUT2D eigenvalue weighted by Crippen LogP contribution is 2.37. The standard InChI is InChI=1S/C12H6Cl2F4N2/c13-5-1-4(19)2-6(14)11(5)20-12-9(17)7(15)3-8(16)10(12)18/h1-3,20H,19H2. The molecular weight excluding hydrogens is 319 g/mol. The van der Waals surface area contributed by atoms with Crippen molar-refractivity contribution in [3.8, 4) is 0 Å². The summed E-state index contributed by atoms with van der Waals surface area (Å²) < 4.78 is 53.2. The van der Waals surface area contributed by atoms with Crippen molar-refractivity contribution in [2.24, 2.45) is 0 Å². The van der Waals surface area contributed by atoms with Gasteiger partial charge >= 0.3 is 0 Å². The van der Waals surface area contributed by atoms with Gasteiger partial charge in [-0.15, -0.1) is 0 Å². The molecule has 0 aliphatic rings. The summed E-state index contributed by atoms with van der Waals surface area (Å²) in [4.78, 5) is 0. The molecular formula is C12H6Cl2F4N2. The van der Waals surface area contributed by atoms with Gasteiger partial charge in [0.1, 0.15) is 5.69 Å². The molecule has 0 fully saturated rings. The number of anilines is 3. The molecule has 2 rings (SSSR count). The van der Waals surface area contributed by atoms with E-state index in [1.54, 1.807) is 0 Å². The predicted molar refractivity (Wildman–Crippen MR) is 70.4 cm³/mol. The zero-order valence-electron chi connectivity index (χ0n) is 9.58. The van der Waals surface area contributed by atoms with Crippen LogP contribution in [0.15, 0.2) is 18.2 Å². The van der Waals surface area contributed by atoms with Crippen LogP contribution in [0.1, 0.15) is 0 Å². The number of halogens is 6. The normalized spacial score (nSPS) is 10.7. The highest BCUT2D eigenvalue weighted by atomic mass is 35.5. The molecule has 0 unspecified atom stereocenters. The van der Waals surface area contributed by atoms with Gasteiger partial charge in [0.05, 0.1) is 15.7 Å². The van der Waals surface area contributed by atoms with E-state index < -0.39 is 29.0 Å². The molecule has 8 heteroatoms. The number of hydrogen-bond acceptors (Lipinski definition) is 2. The molecule has 0 saturated carbocycles. The lowest BCUT2D eigenvalue weighted by Gasteiger charge is -2.13. The van der Waals surface area contributed by atoms with Crippen molar-refractivity contribution in [1.29, 1.82) is 0 Å². The van der Waals surface area contributed by atoms with E-state index >= 15 is 0 Å². The smallest absolute Gasteiger partial charge is 0.185 e. The Morgan fingerprint density at radius 3 is 1.70 bits per heavy atom. The summed E-state index contributed by atoms with van der Waals surface area (Å²) in [5.74, 6) is -6.27. The molecule has 20 heavy (non-hydrogen) atoms. The van der Waals surface area contributed by atoms with E-state index in [1.807, 2.05) is 0 Å². The van der Waals surface area contributed by atoms with Crippen LogP contribution < -0.4 is 11.1 Å². The van der Waals surface area contributed by atoms with Gasteiger partial charge in [0.15, 0.2) is 23.3 Å². The van der Waals surface area contributed by atoms with E-state index in [4.69, 9.17) is 28.9 Å². The van der Waals surface area contributed by atoms with Gasteiger partial charge in [-0.2, -0.15) is 0 Å². The molecule has 0 spiro atoms. The summed E-state index contributed by atoms with van der Waals surface area (Å²) in [6.45, 7) is 0. The van der Waals surface area contributed by atoms with Crippen molar-refractivity contribution >= 4 is 40.3 Å². The number of nitrogens with two attached hydrogens (primary N) is 1. The van der Waals surface area contributed by atoms with Crippen molar-refractivity contribution in [3.05, 3.63) is 51.5 Å². The molecule has 3 N–H and O–H groups in total. The fourth-order valence-corrected chi connectivity index (χ4v) is 2.12. The Bertz CT molecular complexity index is 642. The molecule has 0 aliphatic heterocycles. The highest BCUT2D eigenvalue weighted by molar-refractivity contribution is 6.39. The number of nitrogens with one attached hydrogen (secondary N) is 1. The van der Waals surface area contributed by atoms with Crippen LogP contribution in [0.25, 0.3) is 0 Å². The third-order valence-electron chi connectivity index (χ3n) is 2.43. The summed E-state index contributed by atoms with van der Waals surface area (Å²) in [5, 5.41) is 2.02. The van der Waals surface area contributed by atoms with E-state index in [0.717, 1.165) is 0 Å². The molecule has 0 aliphatic carbocycles. The van der Waals surface area contributed by atoms with Gasteiger partial charge < -0.3 is 11.1 Å². The Labute approximate surface area is 121 Å².